The minimum absolute atomic E-state index is 0.0152. The van der Waals surface area contributed by atoms with Gasteiger partial charge in [0, 0.05) is 24.4 Å². The topological polar surface area (TPSA) is 50.4 Å². The van der Waals surface area contributed by atoms with Crippen LogP contribution >= 0.6 is 0 Å². The monoisotopic (exact) mass is 276 g/mol. The fourth-order valence-electron chi connectivity index (χ4n) is 2.61. The zero-order valence-corrected chi connectivity index (χ0v) is 12.6. The van der Waals surface area contributed by atoms with Crippen molar-refractivity contribution in [2.45, 2.75) is 39.2 Å². The van der Waals surface area contributed by atoms with Crippen molar-refractivity contribution in [3.63, 3.8) is 0 Å². The summed E-state index contributed by atoms with van der Waals surface area (Å²) in [7, 11) is 0. The minimum Gasteiger partial charge on any atom is -0.385 e. The van der Waals surface area contributed by atoms with Gasteiger partial charge in [0.2, 0.25) is 0 Å². The van der Waals surface area contributed by atoms with Crippen LogP contribution < -0.4 is 10.6 Å². The van der Waals surface area contributed by atoms with Crippen molar-refractivity contribution in [3.8, 4) is 0 Å². The summed E-state index contributed by atoms with van der Waals surface area (Å²) in [6.07, 6.45) is 1.96. The Morgan fingerprint density at radius 2 is 2.25 bits per heavy atom. The number of benzene rings is 1. The summed E-state index contributed by atoms with van der Waals surface area (Å²) >= 11 is 0. The van der Waals surface area contributed by atoms with Crippen LogP contribution in [0.1, 0.15) is 42.6 Å². The number of ether oxygens (including phenoxy) is 1. The molecule has 1 aromatic rings. The first-order chi connectivity index (χ1) is 9.54. The Hall–Kier alpha value is -1.55. The van der Waals surface area contributed by atoms with E-state index in [1.165, 1.54) is 0 Å². The normalized spacial score (nSPS) is 22.4. The van der Waals surface area contributed by atoms with E-state index in [0.29, 0.717) is 6.61 Å². The van der Waals surface area contributed by atoms with E-state index in [0.717, 1.165) is 42.8 Å². The Labute approximate surface area is 120 Å². The molecule has 1 unspecified atom stereocenters. The lowest BCUT2D eigenvalue weighted by molar-refractivity contribution is 0.0272. The SMILES string of the molecule is CCNc1ccc(C(=O)NC2(C)CCCOC2)c(C)c1. The summed E-state index contributed by atoms with van der Waals surface area (Å²) in [6, 6.07) is 5.85. The van der Waals surface area contributed by atoms with Crippen molar-refractivity contribution in [3.05, 3.63) is 29.3 Å². The van der Waals surface area contributed by atoms with E-state index >= 15 is 0 Å². The second-order valence-electron chi connectivity index (χ2n) is 5.73. The molecule has 1 aliphatic heterocycles. The summed E-state index contributed by atoms with van der Waals surface area (Å²) in [5.74, 6) is -0.0152. The second-order valence-corrected chi connectivity index (χ2v) is 5.73. The van der Waals surface area contributed by atoms with E-state index in [-0.39, 0.29) is 11.4 Å². The first-order valence-corrected chi connectivity index (χ1v) is 7.29. The highest BCUT2D eigenvalue weighted by Gasteiger charge is 2.29. The molecule has 0 aliphatic carbocycles. The number of amides is 1. The Morgan fingerprint density at radius 1 is 1.45 bits per heavy atom. The van der Waals surface area contributed by atoms with Crippen LogP contribution in [0.4, 0.5) is 5.69 Å². The van der Waals surface area contributed by atoms with Crippen LogP contribution in [0.5, 0.6) is 0 Å². The van der Waals surface area contributed by atoms with Gasteiger partial charge in [-0.05, 0) is 57.4 Å². The summed E-state index contributed by atoms with van der Waals surface area (Å²) in [6.45, 7) is 8.33. The van der Waals surface area contributed by atoms with Crippen molar-refractivity contribution < 1.29 is 9.53 Å². The van der Waals surface area contributed by atoms with Gasteiger partial charge in [0.1, 0.15) is 0 Å². The van der Waals surface area contributed by atoms with Gasteiger partial charge in [-0.2, -0.15) is 0 Å². The van der Waals surface area contributed by atoms with Crippen LogP contribution in [0.15, 0.2) is 18.2 Å². The van der Waals surface area contributed by atoms with E-state index in [4.69, 9.17) is 4.74 Å². The zero-order chi connectivity index (χ0) is 14.6. The van der Waals surface area contributed by atoms with Gasteiger partial charge in [-0.1, -0.05) is 0 Å². The van der Waals surface area contributed by atoms with E-state index in [9.17, 15) is 4.79 Å². The Morgan fingerprint density at radius 3 is 2.85 bits per heavy atom. The van der Waals surface area contributed by atoms with Gasteiger partial charge >= 0.3 is 0 Å². The zero-order valence-electron chi connectivity index (χ0n) is 12.6. The highest BCUT2D eigenvalue weighted by Crippen LogP contribution is 2.20. The number of rotatable bonds is 4. The number of nitrogens with one attached hydrogen (secondary N) is 2. The van der Waals surface area contributed by atoms with E-state index < -0.39 is 0 Å². The van der Waals surface area contributed by atoms with E-state index in [1.54, 1.807) is 0 Å². The fourth-order valence-corrected chi connectivity index (χ4v) is 2.61. The predicted octanol–water partition coefficient (Wildman–Crippen LogP) is 2.73. The summed E-state index contributed by atoms with van der Waals surface area (Å²) in [4.78, 5) is 12.4. The standard InChI is InChI=1S/C16H24N2O2/c1-4-17-13-6-7-14(12(2)10-13)15(19)18-16(3)8-5-9-20-11-16/h6-7,10,17H,4-5,8-9,11H2,1-3H3,(H,18,19). The van der Waals surface area contributed by atoms with Gasteiger partial charge in [0.15, 0.2) is 0 Å². The Balaban J connectivity index is 2.08. The van der Waals surface area contributed by atoms with Crippen molar-refractivity contribution in [2.75, 3.05) is 25.1 Å². The van der Waals surface area contributed by atoms with Crippen molar-refractivity contribution in [1.29, 1.82) is 0 Å². The minimum atomic E-state index is -0.248. The molecule has 1 saturated heterocycles. The van der Waals surface area contributed by atoms with Crippen LogP contribution in [0.2, 0.25) is 0 Å². The maximum Gasteiger partial charge on any atom is 0.252 e. The average Bonchev–Trinajstić information content (AvgIpc) is 2.39. The number of carbonyl (C=O) groups excluding carboxylic acids is 1. The highest BCUT2D eigenvalue weighted by molar-refractivity contribution is 5.96. The Bertz CT molecular complexity index is 479. The average molecular weight is 276 g/mol. The van der Waals surface area contributed by atoms with Gasteiger partial charge in [0.05, 0.1) is 12.1 Å². The quantitative estimate of drug-likeness (QED) is 0.889. The first kappa shape index (κ1) is 14.9. The molecule has 1 aromatic carbocycles. The van der Waals surface area contributed by atoms with Gasteiger partial charge < -0.3 is 15.4 Å². The molecule has 0 spiro atoms. The first-order valence-electron chi connectivity index (χ1n) is 7.29. The lowest BCUT2D eigenvalue weighted by Crippen LogP contribution is -2.51. The predicted molar refractivity (Wildman–Crippen MR) is 81.3 cm³/mol. The van der Waals surface area contributed by atoms with Gasteiger partial charge in [-0.3, -0.25) is 4.79 Å². The number of aryl methyl sites for hydroxylation is 1. The van der Waals surface area contributed by atoms with E-state index in [1.807, 2.05) is 32.0 Å². The molecule has 110 valence electrons. The van der Waals surface area contributed by atoms with Crippen LogP contribution in [0.3, 0.4) is 0 Å². The third kappa shape index (κ3) is 3.51. The molecule has 1 amide bonds. The molecule has 0 saturated carbocycles. The van der Waals surface area contributed by atoms with Crippen LogP contribution in [-0.4, -0.2) is 31.2 Å². The molecule has 4 heteroatoms. The number of carbonyl (C=O) groups is 1. The van der Waals surface area contributed by atoms with Crippen molar-refractivity contribution >= 4 is 11.6 Å². The lowest BCUT2D eigenvalue weighted by Gasteiger charge is -2.34. The molecular weight excluding hydrogens is 252 g/mol. The maximum absolute atomic E-state index is 12.4. The van der Waals surface area contributed by atoms with E-state index in [2.05, 4.69) is 17.6 Å². The molecular formula is C16H24N2O2. The van der Waals surface area contributed by atoms with Gasteiger partial charge in [0.25, 0.3) is 5.91 Å². The highest BCUT2D eigenvalue weighted by atomic mass is 16.5. The molecule has 1 aliphatic rings. The molecule has 1 atom stereocenters. The van der Waals surface area contributed by atoms with Crippen LogP contribution in [0, 0.1) is 6.92 Å². The second kappa shape index (κ2) is 6.27. The number of hydrogen-bond acceptors (Lipinski definition) is 3. The third-order valence-corrected chi connectivity index (χ3v) is 3.71. The molecule has 2 N–H and O–H groups in total. The molecule has 0 aromatic heterocycles. The van der Waals surface area contributed by atoms with Gasteiger partial charge in [-0.25, -0.2) is 0 Å². The Kier molecular flexibility index (Phi) is 4.65. The van der Waals surface area contributed by atoms with Crippen molar-refractivity contribution in [2.24, 2.45) is 0 Å². The fraction of sp³-hybridized carbons (Fsp3) is 0.562. The number of anilines is 1. The summed E-state index contributed by atoms with van der Waals surface area (Å²) in [5.41, 5.74) is 2.52. The maximum atomic E-state index is 12.4. The third-order valence-electron chi connectivity index (χ3n) is 3.71. The molecule has 0 radical (unpaired) electrons. The number of hydrogen-bond donors (Lipinski definition) is 2. The summed E-state index contributed by atoms with van der Waals surface area (Å²) in [5, 5.41) is 6.37. The lowest BCUT2D eigenvalue weighted by atomic mass is 9.94. The molecule has 0 bridgehead atoms. The van der Waals surface area contributed by atoms with Crippen LogP contribution in [-0.2, 0) is 4.74 Å². The largest absolute Gasteiger partial charge is 0.385 e. The molecule has 1 heterocycles. The molecule has 1 fully saturated rings. The molecule has 4 nitrogen and oxygen atoms in total. The smallest absolute Gasteiger partial charge is 0.252 e. The van der Waals surface area contributed by atoms with Crippen LogP contribution in [0.25, 0.3) is 0 Å². The molecule has 20 heavy (non-hydrogen) atoms. The van der Waals surface area contributed by atoms with Gasteiger partial charge in [-0.15, -0.1) is 0 Å². The van der Waals surface area contributed by atoms with Crippen molar-refractivity contribution in [1.82, 2.24) is 5.32 Å². The molecule has 2 rings (SSSR count). The summed E-state index contributed by atoms with van der Waals surface area (Å²) < 4.78 is 5.48.